The molecule has 1 saturated carbocycles. The van der Waals surface area contributed by atoms with Gasteiger partial charge in [-0.1, -0.05) is 60.3 Å². The number of rotatable bonds is 7. The van der Waals surface area contributed by atoms with Crippen LogP contribution in [0.2, 0.25) is 10.0 Å². The molecule has 1 aliphatic rings. The highest BCUT2D eigenvalue weighted by molar-refractivity contribution is 7.99. The van der Waals surface area contributed by atoms with Gasteiger partial charge in [-0.2, -0.15) is 0 Å². The Morgan fingerprint density at radius 3 is 2.74 bits per heavy atom. The molecule has 3 rings (SSSR count). The molecule has 0 bridgehead atoms. The Morgan fingerprint density at radius 1 is 1.26 bits per heavy atom. The van der Waals surface area contributed by atoms with Crippen LogP contribution in [0.4, 0.5) is 5.69 Å². The smallest absolute Gasteiger partial charge is 0.234 e. The van der Waals surface area contributed by atoms with Gasteiger partial charge in [0.15, 0.2) is 5.16 Å². The number of nitrogens with zero attached hydrogens (tertiary/aromatic N) is 3. The van der Waals surface area contributed by atoms with E-state index in [0.29, 0.717) is 28.2 Å². The van der Waals surface area contributed by atoms with Crippen molar-refractivity contribution in [1.29, 1.82) is 0 Å². The first-order valence-corrected chi connectivity index (χ1v) is 10.7. The Hall–Kier alpha value is -1.50. The Bertz CT molecular complexity index is 818. The molecule has 1 heterocycles. The van der Waals surface area contributed by atoms with E-state index in [0.717, 1.165) is 23.8 Å². The SMILES string of the molecule is C=CCn1c(SCC(=O)Nc2ccc(Cl)c(Cl)c2)nnc1C1CCCCC1. The van der Waals surface area contributed by atoms with E-state index in [1.165, 1.54) is 31.0 Å². The largest absolute Gasteiger partial charge is 0.325 e. The van der Waals surface area contributed by atoms with Gasteiger partial charge in [0.25, 0.3) is 0 Å². The molecule has 1 amide bonds. The average Bonchev–Trinajstić information content (AvgIpc) is 3.07. The van der Waals surface area contributed by atoms with Crippen LogP contribution in [-0.2, 0) is 11.3 Å². The lowest BCUT2D eigenvalue weighted by Gasteiger charge is -2.21. The summed E-state index contributed by atoms with van der Waals surface area (Å²) < 4.78 is 2.08. The molecule has 1 fully saturated rings. The fraction of sp³-hybridized carbons (Fsp3) is 0.421. The highest BCUT2D eigenvalue weighted by Gasteiger charge is 2.23. The second-order valence-electron chi connectivity index (χ2n) is 6.54. The minimum absolute atomic E-state index is 0.134. The number of benzene rings is 1. The molecule has 5 nitrogen and oxygen atoms in total. The Kier molecular flexibility index (Phi) is 7.21. The lowest BCUT2D eigenvalue weighted by Crippen LogP contribution is -2.15. The maximum atomic E-state index is 12.3. The fourth-order valence-electron chi connectivity index (χ4n) is 3.27. The molecule has 8 heteroatoms. The van der Waals surface area contributed by atoms with Crippen LogP contribution in [0.1, 0.15) is 43.8 Å². The van der Waals surface area contributed by atoms with E-state index < -0.39 is 0 Å². The molecule has 0 spiro atoms. The van der Waals surface area contributed by atoms with E-state index >= 15 is 0 Å². The number of nitrogens with one attached hydrogen (secondary N) is 1. The van der Waals surface area contributed by atoms with Crippen molar-refractivity contribution in [2.24, 2.45) is 0 Å². The second kappa shape index (κ2) is 9.62. The highest BCUT2D eigenvalue weighted by Crippen LogP contribution is 2.33. The van der Waals surface area contributed by atoms with E-state index in [-0.39, 0.29) is 11.7 Å². The van der Waals surface area contributed by atoms with Crippen molar-refractivity contribution in [3.8, 4) is 0 Å². The molecule has 2 aromatic rings. The van der Waals surface area contributed by atoms with E-state index in [1.807, 2.05) is 6.08 Å². The molecule has 0 saturated heterocycles. The van der Waals surface area contributed by atoms with Crippen LogP contribution in [0, 0.1) is 0 Å². The zero-order chi connectivity index (χ0) is 19.2. The number of amides is 1. The number of hydrogen-bond acceptors (Lipinski definition) is 4. The molecule has 144 valence electrons. The number of carbonyl (C=O) groups is 1. The summed E-state index contributed by atoms with van der Waals surface area (Å²) >= 11 is 13.3. The van der Waals surface area contributed by atoms with Gasteiger partial charge >= 0.3 is 0 Å². The van der Waals surface area contributed by atoms with Gasteiger partial charge < -0.3 is 9.88 Å². The Balaban J connectivity index is 1.64. The predicted molar refractivity (Wildman–Crippen MR) is 112 cm³/mol. The predicted octanol–water partition coefficient (Wildman–Crippen LogP) is 5.55. The second-order valence-corrected chi connectivity index (χ2v) is 8.30. The lowest BCUT2D eigenvalue weighted by atomic mass is 9.89. The van der Waals surface area contributed by atoms with Gasteiger partial charge in [-0.3, -0.25) is 4.79 Å². The van der Waals surface area contributed by atoms with Crippen molar-refractivity contribution in [1.82, 2.24) is 14.8 Å². The molecule has 1 aliphatic carbocycles. The van der Waals surface area contributed by atoms with Crippen LogP contribution >= 0.6 is 35.0 Å². The molecular formula is C19H22Cl2N4OS. The molecule has 0 unspecified atom stereocenters. The van der Waals surface area contributed by atoms with Gasteiger partial charge in [0.2, 0.25) is 5.91 Å². The summed E-state index contributed by atoms with van der Waals surface area (Å²) in [6.07, 6.45) is 7.91. The van der Waals surface area contributed by atoms with Gasteiger partial charge in [-0.25, -0.2) is 0 Å². The molecule has 1 aromatic heterocycles. The maximum Gasteiger partial charge on any atom is 0.234 e. The van der Waals surface area contributed by atoms with E-state index in [4.69, 9.17) is 23.2 Å². The third-order valence-electron chi connectivity index (χ3n) is 4.56. The van der Waals surface area contributed by atoms with Crippen molar-refractivity contribution in [3.63, 3.8) is 0 Å². The Labute approximate surface area is 173 Å². The normalized spacial score (nSPS) is 14.9. The molecule has 0 aliphatic heterocycles. The summed E-state index contributed by atoms with van der Waals surface area (Å²) in [7, 11) is 0. The van der Waals surface area contributed by atoms with E-state index in [2.05, 4.69) is 26.7 Å². The molecule has 1 N–H and O–H groups in total. The van der Waals surface area contributed by atoms with Crippen molar-refractivity contribution >= 4 is 46.6 Å². The van der Waals surface area contributed by atoms with Crippen molar-refractivity contribution < 1.29 is 4.79 Å². The van der Waals surface area contributed by atoms with Crippen molar-refractivity contribution in [2.75, 3.05) is 11.1 Å². The van der Waals surface area contributed by atoms with Crippen LogP contribution in [0.25, 0.3) is 0 Å². The van der Waals surface area contributed by atoms with Crippen molar-refractivity contribution in [3.05, 3.63) is 46.7 Å². The first-order chi connectivity index (χ1) is 13.1. The van der Waals surface area contributed by atoms with Gasteiger partial charge in [-0.05, 0) is 31.0 Å². The third kappa shape index (κ3) is 5.27. The molecular weight excluding hydrogens is 403 g/mol. The molecule has 0 atom stereocenters. The van der Waals surface area contributed by atoms with E-state index in [1.54, 1.807) is 18.2 Å². The number of carbonyl (C=O) groups excluding carboxylic acids is 1. The number of anilines is 1. The summed E-state index contributed by atoms with van der Waals surface area (Å²) in [5.41, 5.74) is 0.616. The van der Waals surface area contributed by atoms with Crippen LogP contribution in [0.15, 0.2) is 36.0 Å². The average molecular weight is 425 g/mol. The number of thioether (sulfide) groups is 1. The maximum absolute atomic E-state index is 12.3. The minimum Gasteiger partial charge on any atom is -0.325 e. The topological polar surface area (TPSA) is 59.8 Å². The number of hydrogen-bond donors (Lipinski definition) is 1. The molecule has 0 radical (unpaired) electrons. The first-order valence-electron chi connectivity index (χ1n) is 9.00. The standard InChI is InChI=1S/C19H22Cl2N4OS/c1-2-10-25-18(13-6-4-3-5-7-13)23-24-19(25)27-12-17(26)22-14-8-9-15(20)16(21)11-14/h2,8-9,11,13H,1,3-7,10,12H2,(H,22,26). The van der Waals surface area contributed by atoms with Gasteiger partial charge in [0, 0.05) is 18.2 Å². The summed E-state index contributed by atoms with van der Waals surface area (Å²) in [4.78, 5) is 12.3. The lowest BCUT2D eigenvalue weighted by molar-refractivity contribution is -0.113. The van der Waals surface area contributed by atoms with E-state index in [9.17, 15) is 4.79 Å². The number of aromatic nitrogens is 3. The highest BCUT2D eigenvalue weighted by atomic mass is 35.5. The minimum atomic E-state index is -0.134. The van der Waals surface area contributed by atoms with Crippen LogP contribution < -0.4 is 5.32 Å². The zero-order valence-electron chi connectivity index (χ0n) is 15.0. The number of halogens is 2. The molecule has 1 aromatic carbocycles. The summed E-state index contributed by atoms with van der Waals surface area (Å²) in [5, 5.41) is 13.2. The monoisotopic (exact) mass is 424 g/mol. The Morgan fingerprint density at radius 2 is 2.04 bits per heavy atom. The first kappa shape index (κ1) is 20.2. The number of allylic oxidation sites excluding steroid dienone is 1. The zero-order valence-corrected chi connectivity index (χ0v) is 17.3. The quantitative estimate of drug-likeness (QED) is 0.467. The summed E-state index contributed by atoms with van der Waals surface area (Å²) in [6.45, 7) is 4.49. The fourth-order valence-corrected chi connectivity index (χ4v) is 4.32. The van der Waals surface area contributed by atoms with Crippen LogP contribution in [-0.4, -0.2) is 26.4 Å². The summed E-state index contributed by atoms with van der Waals surface area (Å²) in [6, 6.07) is 5.01. The summed E-state index contributed by atoms with van der Waals surface area (Å²) in [5.74, 6) is 1.57. The van der Waals surface area contributed by atoms with Gasteiger partial charge in [0.1, 0.15) is 5.82 Å². The van der Waals surface area contributed by atoms with Crippen LogP contribution in [0.3, 0.4) is 0 Å². The van der Waals surface area contributed by atoms with Crippen LogP contribution in [0.5, 0.6) is 0 Å². The van der Waals surface area contributed by atoms with Crippen molar-refractivity contribution in [2.45, 2.75) is 49.7 Å². The third-order valence-corrected chi connectivity index (χ3v) is 6.27. The molecule has 27 heavy (non-hydrogen) atoms. The van der Waals surface area contributed by atoms with Gasteiger partial charge in [0.05, 0.1) is 15.8 Å². The van der Waals surface area contributed by atoms with Gasteiger partial charge in [-0.15, -0.1) is 16.8 Å².